The van der Waals surface area contributed by atoms with Crippen LogP contribution < -0.4 is 0 Å². The molecule has 0 amide bonds. The maximum absolute atomic E-state index is 10.8. The summed E-state index contributed by atoms with van der Waals surface area (Å²) in [7, 11) is 0. The fourth-order valence-electron chi connectivity index (χ4n) is 0.986. The van der Waals surface area contributed by atoms with Gasteiger partial charge in [-0.15, -0.1) is 23.4 Å². The van der Waals surface area contributed by atoms with Crippen LogP contribution in [0.1, 0.15) is 6.92 Å². The number of hydrogen-bond acceptors (Lipinski definition) is 2. The van der Waals surface area contributed by atoms with Crippen molar-refractivity contribution in [2.24, 2.45) is 0 Å². The van der Waals surface area contributed by atoms with E-state index in [1.54, 1.807) is 6.92 Å². The molecule has 0 saturated heterocycles. The minimum absolute atomic E-state index is 0.391. The Balaban J connectivity index is 2.70. The van der Waals surface area contributed by atoms with Gasteiger partial charge in [0.05, 0.1) is 5.38 Å². The van der Waals surface area contributed by atoms with E-state index in [9.17, 15) is 4.79 Å². The van der Waals surface area contributed by atoms with E-state index >= 15 is 0 Å². The highest BCUT2D eigenvalue weighted by atomic mass is 35.5. The molecule has 2 nitrogen and oxygen atoms in total. The first-order valence-electron chi connectivity index (χ1n) is 4.20. The second-order valence-corrected chi connectivity index (χ2v) is 4.77. The van der Waals surface area contributed by atoms with Crippen molar-refractivity contribution >= 4 is 29.3 Å². The zero-order valence-corrected chi connectivity index (χ0v) is 9.26. The van der Waals surface area contributed by atoms with Crippen LogP contribution >= 0.6 is 23.4 Å². The summed E-state index contributed by atoms with van der Waals surface area (Å²) in [6, 6.07) is 9.39. The lowest BCUT2D eigenvalue weighted by Gasteiger charge is -2.13. The summed E-state index contributed by atoms with van der Waals surface area (Å²) in [5.41, 5.74) is 0. The quantitative estimate of drug-likeness (QED) is 0.639. The largest absolute Gasteiger partial charge is 0.480 e. The van der Waals surface area contributed by atoms with Gasteiger partial charge in [0, 0.05) is 4.90 Å². The van der Waals surface area contributed by atoms with Crippen molar-refractivity contribution in [1.29, 1.82) is 0 Å². The van der Waals surface area contributed by atoms with Gasteiger partial charge in [0.2, 0.25) is 0 Å². The molecule has 0 aliphatic heterocycles. The summed E-state index contributed by atoms with van der Waals surface area (Å²) >= 11 is 7.06. The van der Waals surface area contributed by atoms with Gasteiger partial charge < -0.3 is 5.11 Å². The first kappa shape index (κ1) is 11.4. The van der Waals surface area contributed by atoms with Crippen molar-refractivity contribution in [2.75, 3.05) is 0 Å². The number of aliphatic carboxylic acids is 1. The molecule has 4 heteroatoms. The number of hydrogen-bond donors (Lipinski definition) is 1. The third kappa shape index (κ3) is 3.24. The van der Waals surface area contributed by atoms with Crippen molar-refractivity contribution in [3.63, 3.8) is 0 Å². The van der Waals surface area contributed by atoms with Crippen molar-refractivity contribution in [1.82, 2.24) is 0 Å². The topological polar surface area (TPSA) is 37.3 Å². The molecule has 0 spiro atoms. The van der Waals surface area contributed by atoms with Crippen molar-refractivity contribution in [3.05, 3.63) is 30.3 Å². The number of carbonyl (C=O) groups is 1. The Kier molecular flexibility index (Phi) is 4.29. The molecule has 1 aromatic carbocycles. The maximum atomic E-state index is 10.8. The highest BCUT2D eigenvalue weighted by molar-refractivity contribution is 8.00. The minimum Gasteiger partial charge on any atom is -0.480 e. The van der Waals surface area contributed by atoms with Gasteiger partial charge in [-0.1, -0.05) is 18.2 Å². The Morgan fingerprint density at radius 2 is 2.00 bits per heavy atom. The Morgan fingerprint density at radius 1 is 1.43 bits per heavy atom. The van der Waals surface area contributed by atoms with E-state index in [2.05, 4.69) is 0 Å². The summed E-state index contributed by atoms with van der Waals surface area (Å²) in [5, 5.41) is 7.91. The summed E-state index contributed by atoms with van der Waals surface area (Å²) in [5.74, 6) is -0.874. The number of alkyl halides is 1. The Labute approximate surface area is 92.3 Å². The highest BCUT2D eigenvalue weighted by Gasteiger charge is 2.23. The molecule has 0 aromatic heterocycles. The maximum Gasteiger partial charge on any atom is 0.318 e. The van der Waals surface area contributed by atoms with Gasteiger partial charge in [-0.05, 0) is 19.1 Å². The predicted octanol–water partition coefficient (Wildman–Crippen LogP) is 2.86. The average molecular weight is 231 g/mol. The van der Waals surface area contributed by atoms with Crippen LogP contribution in [-0.2, 0) is 4.79 Å². The lowest BCUT2D eigenvalue weighted by atomic mass is 10.3. The Bertz CT molecular complexity index is 300. The molecule has 0 fully saturated rings. The van der Waals surface area contributed by atoms with E-state index in [1.165, 1.54) is 11.8 Å². The molecule has 2 atom stereocenters. The molecule has 0 aliphatic carbocycles. The molecule has 0 heterocycles. The molecule has 0 aliphatic rings. The predicted molar refractivity (Wildman–Crippen MR) is 59.0 cm³/mol. The van der Waals surface area contributed by atoms with Crippen LogP contribution in [0.4, 0.5) is 0 Å². The molecule has 0 radical (unpaired) electrons. The van der Waals surface area contributed by atoms with Crippen LogP contribution in [-0.4, -0.2) is 21.7 Å². The number of carboxylic acid groups (broad SMARTS) is 1. The van der Waals surface area contributed by atoms with E-state index in [-0.39, 0.29) is 0 Å². The molecule has 0 bridgehead atoms. The number of thioether (sulfide) groups is 1. The van der Waals surface area contributed by atoms with Crippen LogP contribution in [0.25, 0.3) is 0 Å². The molecule has 2 unspecified atom stereocenters. The zero-order chi connectivity index (χ0) is 10.6. The van der Waals surface area contributed by atoms with Crippen molar-refractivity contribution in [3.8, 4) is 0 Å². The number of halogens is 1. The van der Waals surface area contributed by atoms with Gasteiger partial charge in [0.15, 0.2) is 0 Å². The van der Waals surface area contributed by atoms with Crippen molar-refractivity contribution < 1.29 is 9.90 Å². The normalized spacial score (nSPS) is 14.7. The average Bonchev–Trinajstić information content (AvgIpc) is 2.15. The fraction of sp³-hybridized carbons (Fsp3) is 0.300. The van der Waals surface area contributed by atoms with Gasteiger partial charge in [0.1, 0.15) is 5.25 Å². The van der Waals surface area contributed by atoms with E-state index in [0.717, 1.165) is 4.90 Å². The van der Waals surface area contributed by atoms with E-state index in [1.807, 2.05) is 30.3 Å². The molecule has 1 N–H and O–H groups in total. The number of benzene rings is 1. The summed E-state index contributed by atoms with van der Waals surface area (Å²) in [4.78, 5) is 11.8. The van der Waals surface area contributed by atoms with E-state index in [0.29, 0.717) is 0 Å². The highest BCUT2D eigenvalue weighted by Crippen LogP contribution is 2.27. The van der Waals surface area contributed by atoms with Crippen molar-refractivity contribution in [2.45, 2.75) is 22.4 Å². The van der Waals surface area contributed by atoms with Crippen LogP contribution in [0, 0.1) is 0 Å². The molecule has 1 aromatic rings. The Morgan fingerprint density at radius 3 is 2.43 bits per heavy atom. The van der Waals surface area contributed by atoms with Gasteiger partial charge in [-0.2, -0.15) is 0 Å². The standard InChI is InChI=1S/C10H11ClO2S/c1-7(11)9(10(12)13)14-8-5-3-2-4-6-8/h2-7,9H,1H3,(H,12,13). The van der Waals surface area contributed by atoms with Crippen LogP contribution in [0.5, 0.6) is 0 Å². The van der Waals surface area contributed by atoms with Gasteiger partial charge in [-0.3, -0.25) is 4.79 Å². The van der Waals surface area contributed by atoms with Gasteiger partial charge in [-0.25, -0.2) is 0 Å². The molecule has 14 heavy (non-hydrogen) atoms. The molecule has 1 rings (SSSR count). The molecular formula is C10H11ClO2S. The summed E-state index contributed by atoms with van der Waals surface area (Å²) < 4.78 is 0. The molecule has 76 valence electrons. The van der Waals surface area contributed by atoms with Crippen LogP contribution in [0.2, 0.25) is 0 Å². The summed E-state index contributed by atoms with van der Waals surface area (Å²) in [6.07, 6.45) is 0. The monoisotopic (exact) mass is 230 g/mol. The van der Waals surface area contributed by atoms with Gasteiger partial charge in [0.25, 0.3) is 0 Å². The van der Waals surface area contributed by atoms with Gasteiger partial charge >= 0.3 is 5.97 Å². The lowest BCUT2D eigenvalue weighted by Crippen LogP contribution is -2.24. The third-order valence-corrected chi connectivity index (χ3v) is 3.48. The minimum atomic E-state index is -0.874. The van der Waals surface area contributed by atoms with Crippen LogP contribution in [0.15, 0.2) is 35.2 Å². The molecular weight excluding hydrogens is 220 g/mol. The zero-order valence-electron chi connectivity index (χ0n) is 7.68. The van der Waals surface area contributed by atoms with E-state index < -0.39 is 16.6 Å². The fourth-order valence-corrected chi connectivity index (χ4v) is 2.14. The smallest absolute Gasteiger partial charge is 0.318 e. The van der Waals surface area contributed by atoms with E-state index in [4.69, 9.17) is 16.7 Å². The summed E-state index contributed by atoms with van der Waals surface area (Å²) in [6.45, 7) is 1.69. The number of rotatable bonds is 4. The first-order chi connectivity index (χ1) is 6.61. The lowest BCUT2D eigenvalue weighted by molar-refractivity contribution is -0.136. The first-order valence-corrected chi connectivity index (χ1v) is 5.51. The SMILES string of the molecule is CC(Cl)C(Sc1ccccc1)C(=O)O. The molecule has 0 saturated carbocycles. The second kappa shape index (κ2) is 5.27. The van der Waals surface area contributed by atoms with Crippen LogP contribution in [0.3, 0.4) is 0 Å². The Hall–Kier alpha value is -0.670. The number of carboxylic acids is 1. The second-order valence-electron chi connectivity index (χ2n) is 2.87. The third-order valence-electron chi connectivity index (χ3n) is 1.67.